The van der Waals surface area contributed by atoms with Crippen LogP contribution in [0.4, 0.5) is 17.1 Å². The lowest BCUT2D eigenvalue weighted by atomic mass is 9.70. The van der Waals surface area contributed by atoms with E-state index in [-0.39, 0.29) is 0 Å². The molecule has 0 saturated carbocycles. The summed E-state index contributed by atoms with van der Waals surface area (Å²) in [4.78, 5) is 2.54. The zero-order valence-corrected chi connectivity index (χ0v) is 39.4. The number of fused-ring (bicyclic) bond motifs is 17. The van der Waals surface area contributed by atoms with Crippen LogP contribution in [0.2, 0.25) is 0 Å². The Bertz CT molecular complexity index is 4240. The van der Waals surface area contributed by atoms with Crippen molar-refractivity contribution in [2.24, 2.45) is 0 Å². The first-order valence-corrected chi connectivity index (χ1v) is 25.1. The van der Waals surface area contributed by atoms with Crippen LogP contribution in [0.5, 0.6) is 0 Å². The molecule has 2 aliphatic carbocycles. The van der Waals surface area contributed by atoms with Crippen LogP contribution in [0.25, 0.3) is 98.7 Å². The van der Waals surface area contributed by atoms with Crippen molar-refractivity contribution < 1.29 is 0 Å². The summed E-state index contributed by atoms with van der Waals surface area (Å²) in [5.41, 5.74) is 20.4. The molecule has 2 aliphatic rings. The van der Waals surface area contributed by atoms with Crippen molar-refractivity contribution in [3.05, 3.63) is 295 Å². The van der Waals surface area contributed by atoms with Crippen LogP contribution >= 0.6 is 0 Å². The van der Waals surface area contributed by atoms with E-state index in [1.807, 2.05) is 0 Å². The second-order valence-electron chi connectivity index (χ2n) is 19.5. The van der Waals surface area contributed by atoms with Gasteiger partial charge in [0.2, 0.25) is 0 Å². The van der Waals surface area contributed by atoms with E-state index in [0.29, 0.717) is 0 Å². The summed E-state index contributed by atoms with van der Waals surface area (Å²) < 4.78 is 0. The first-order valence-electron chi connectivity index (χ1n) is 25.1. The predicted molar refractivity (Wildman–Crippen MR) is 304 cm³/mol. The van der Waals surface area contributed by atoms with Crippen LogP contribution in [0.15, 0.2) is 273 Å². The van der Waals surface area contributed by atoms with Crippen molar-refractivity contribution in [3.8, 4) is 55.6 Å². The van der Waals surface area contributed by atoms with E-state index in [1.54, 1.807) is 0 Å². The lowest BCUT2D eigenvalue weighted by molar-refractivity contribution is 0.794. The van der Waals surface area contributed by atoms with Crippen LogP contribution in [-0.4, -0.2) is 0 Å². The molecule has 72 heavy (non-hydrogen) atoms. The molecule has 334 valence electrons. The first-order chi connectivity index (χ1) is 35.7. The molecule has 0 N–H and O–H groups in total. The van der Waals surface area contributed by atoms with E-state index in [1.165, 1.54) is 121 Å². The van der Waals surface area contributed by atoms with Gasteiger partial charge in [0.15, 0.2) is 0 Å². The highest BCUT2D eigenvalue weighted by Crippen LogP contribution is 2.64. The van der Waals surface area contributed by atoms with Crippen LogP contribution in [-0.2, 0) is 5.41 Å². The molecule has 1 heteroatoms. The van der Waals surface area contributed by atoms with Crippen LogP contribution in [0.3, 0.4) is 0 Å². The Morgan fingerprint density at radius 1 is 0.222 bits per heavy atom. The van der Waals surface area contributed by atoms with Crippen LogP contribution < -0.4 is 4.90 Å². The molecule has 0 amide bonds. The molecule has 0 aromatic heterocycles. The van der Waals surface area contributed by atoms with Crippen molar-refractivity contribution in [3.63, 3.8) is 0 Å². The van der Waals surface area contributed by atoms with Gasteiger partial charge in [-0.25, -0.2) is 0 Å². The Hall–Kier alpha value is -9.30. The molecule has 0 saturated heterocycles. The fraction of sp³-hybridized carbons (Fsp3) is 0.0141. The number of anilines is 3. The van der Waals surface area contributed by atoms with Gasteiger partial charge >= 0.3 is 0 Å². The lowest BCUT2D eigenvalue weighted by Crippen LogP contribution is -2.26. The van der Waals surface area contributed by atoms with E-state index in [2.05, 4.69) is 278 Å². The van der Waals surface area contributed by atoms with Gasteiger partial charge in [0.05, 0.1) is 11.1 Å². The second-order valence-corrected chi connectivity index (χ2v) is 19.5. The standard InChI is InChI=1S/C71H45N/c1-2-16-46(17-3-1)48-30-32-49(33-31-48)50-36-38-53(39-37-50)72(54-40-41-59-57-22-7-6-20-55(57)56-21-8-9-23-58(56)64(59)43-54)70-45-69-65(44-63(70)52-35-34-47-18-4-5-19-51(47)42-52)62-26-12-15-29-68(62)71(69)66-27-13-10-24-60(66)61-25-11-14-28-67(61)71/h1-45H. The Morgan fingerprint density at radius 2 is 0.653 bits per heavy atom. The van der Waals surface area contributed by atoms with Crippen molar-refractivity contribution in [2.75, 3.05) is 4.90 Å². The summed E-state index contributed by atoms with van der Waals surface area (Å²) in [5, 5.41) is 9.98. The third-order valence-electron chi connectivity index (χ3n) is 15.9. The number of rotatable bonds is 6. The zero-order chi connectivity index (χ0) is 47.3. The van der Waals surface area contributed by atoms with Gasteiger partial charge in [0.25, 0.3) is 0 Å². The van der Waals surface area contributed by atoms with Gasteiger partial charge in [-0.1, -0.05) is 231 Å². The molecule has 0 fully saturated rings. The summed E-state index contributed by atoms with van der Waals surface area (Å²) in [7, 11) is 0. The average molecular weight is 912 g/mol. The van der Waals surface area contributed by atoms with Crippen LogP contribution in [0.1, 0.15) is 22.3 Å². The van der Waals surface area contributed by atoms with Gasteiger partial charge in [-0.15, -0.1) is 0 Å². The van der Waals surface area contributed by atoms with E-state index in [4.69, 9.17) is 0 Å². The molecule has 15 rings (SSSR count). The van der Waals surface area contributed by atoms with Gasteiger partial charge in [0, 0.05) is 16.9 Å². The molecule has 0 radical (unpaired) electrons. The molecule has 13 aromatic carbocycles. The first kappa shape index (κ1) is 40.6. The molecule has 0 heterocycles. The maximum Gasteiger partial charge on any atom is 0.0726 e. The fourth-order valence-corrected chi connectivity index (χ4v) is 12.7. The maximum atomic E-state index is 2.57. The largest absolute Gasteiger partial charge is 0.310 e. The highest BCUT2D eigenvalue weighted by Gasteiger charge is 2.52. The van der Waals surface area contributed by atoms with E-state index >= 15 is 0 Å². The van der Waals surface area contributed by atoms with Gasteiger partial charge in [-0.3, -0.25) is 0 Å². The monoisotopic (exact) mass is 911 g/mol. The summed E-state index contributed by atoms with van der Waals surface area (Å²) in [6.45, 7) is 0. The molecule has 0 aliphatic heterocycles. The molecule has 1 spiro atoms. The molecular formula is C71H45N. The summed E-state index contributed by atoms with van der Waals surface area (Å²) in [6, 6.07) is 102. The minimum Gasteiger partial charge on any atom is -0.310 e. The average Bonchev–Trinajstić information content (AvgIpc) is 3.92. The summed E-state index contributed by atoms with van der Waals surface area (Å²) in [5.74, 6) is 0. The van der Waals surface area contributed by atoms with Gasteiger partial charge in [-0.2, -0.15) is 0 Å². The third-order valence-corrected chi connectivity index (χ3v) is 15.9. The summed E-state index contributed by atoms with van der Waals surface area (Å²) >= 11 is 0. The smallest absolute Gasteiger partial charge is 0.0726 e. The zero-order valence-electron chi connectivity index (χ0n) is 39.4. The van der Waals surface area contributed by atoms with Crippen molar-refractivity contribution in [1.29, 1.82) is 0 Å². The summed E-state index contributed by atoms with van der Waals surface area (Å²) in [6.07, 6.45) is 0. The topological polar surface area (TPSA) is 3.24 Å². The molecule has 0 unspecified atom stereocenters. The molecular weight excluding hydrogens is 867 g/mol. The van der Waals surface area contributed by atoms with Gasteiger partial charge < -0.3 is 4.90 Å². The Balaban J connectivity index is 1.02. The third kappa shape index (κ3) is 5.95. The molecule has 0 atom stereocenters. The molecule has 0 bridgehead atoms. The highest BCUT2D eigenvalue weighted by molar-refractivity contribution is 6.26. The minimum absolute atomic E-state index is 0.518. The molecule has 13 aromatic rings. The Kier molecular flexibility index (Phi) is 8.94. The van der Waals surface area contributed by atoms with Crippen LogP contribution in [0, 0.1) is 0 Å². The Morgan fingerprint density at radius 3 is 1.25 bits per heavy atom. The van der Waals surface area contributed by atoms with Crippen molar-refractivity contribution >= 4 is 60.2 Å². The Labute approximate surface area is 419 Å². The minimum atomic E-state index is -0.518. The fourth-order valence-electron chi connectivity index (χ4n) is 12.7. The second kappa shape index (κ2) is 15.9. The molecule has 1 nitrogen and oxygen atoms in total. The maximum absolute atomic E-state index is 2.57. The van der Waals surface area contributed by atoms with Crippen molar-refractivity contribution in [1.82, 2.24) is 0 Å². The normalized spacial score (nSPS) is 12.8. The van der Waals surface area contributed by atoms with E-state index in [0.717, 1.165) is 17.1 Å². The van der Waals surface area contributed by atoms with Gasteiger partial charge in [0.1, 0.15) is 0 Å². The quantitative estimate of drug-likeness (QED) is 0.150. The number of hydrogen-bond donors (Lipinski definition) is 0. The number of hydrogen-bond acceptors (Lipinski definition) is 1. The number of benzene rings is 13. The van der Waals surface area contributed by atoms with Gasteiger partial charge in [-0.05, 0) is 158 Å². The highest BCUT2D eigenvalue weighted by atomic mass is 15.1. The predicted octanol–water partition coefficient (Wildman–Crippen LogP) is 19.1. The number of nitrogens with zero attached hydrogens (tertiary/aromatic N) is 1. The van der Waals surface area contributed by atoms with E-state index in [9.17, 15) is 0 Å². The van der Waals surface area contributed by atoms with E-state index < -0.39 is 5.41 Å². The SMILES string of the molecule is c1ccc(-c2ccc(-c3ccc(N(c4ccc5c6ccccc6c6ccccc6c5c4)c4cc5c(cc4-c4ccc6ccccc6c4)-c4ccccc4C54c5ccccc5-c5ccccc54)cc3)cc2)cc1. The van der Waals surface area contributed by atoms with Crippen molar-refractivity contribution in [2.45, 2.75) is 5.41 Å². The lowest BCUT2D eigenvalue weighted by Gasteiger charge is -2.33.